The van der Waals surface area contributed by atoms with Crippen LogP contribution in [0.3, 0.4) is 0 Å². The van der Waals surface area contributed by atoms with Crippen molar-refractivity contribution in [1.29, 1.82) is 0 Å². The van der Waals surface area contributed by atoms with E-state index < -0.39 is 0 Å². The Balaban J connectivity index is 2.13. The molecule has 0 fully saturated rings. The summed E-state index contributed by atoms with van der Waals surface area (Å²) in [4.78, 5) is 16.3. The molecule has 0 atom stereocenters. The molecule has 104 valence electrons. The minimum atomic E-state index is -0.153. The molecule has 0 unspecified atom stereocenters. The molecule has 2 aromatic carbocycles. The number of rotatable bonds is 2. The normalized spacial score (nSPS) is 10.6. The molecule has 0 saturated heterocycles. The largest absolute Gasteiger partial charge is 0.273 e. The first kappa shape index (κ1) is 13.2. The molecule has 0 spiro atoms. The van der Waals surface area contributed by atoms with Gasteiger partial charge in [-0.1, -0.05) is 60.2 Å². The van der Waals surface area contributed by atoms with Crippen LogP contribution >= 0.6 is 0 Å². The SMILES string of the molecule is CC(=O)n1nc(-c2ccc(C)cc2)nc1-c1ccccc1. The van der Waals surface area contributed by atoms with Gasteiger partial charge in [-0.05, 0) is 6.92 Å². The van der Waals surface area contributed by atoms with Crippen molar-refractivity contribution in [2.45, 2.75) is 13.8 Å². The number of aromatic nitrogens is 3. The second-order valence-corrected chi connectivity index (χ2v) is 4.92. The highest BCUT2D eigenvalue weighted by atomic mass is 16.2. The number of nitrogens with zero attached hydrogens (tertiary/aromatic N) is 3. The fourth-order valence-electron chi connectivity index (χ4n) is 2.13. The summed E-state index contributed by atoms with van der Waals surface area (Å²) in [6, 6.07) is 17.5. The quantitative estimate of drug-likeness (QED) is 0.719. The smallest absolute Gasteiger partial charge is 0.245 e. The summed E-state index contributed by atoms with van der Waals surface area (Å²) in [7, 11) is 0. The summed E-state index contributed by atoms with van der Waals surface area (Å²) in [6.45, 7) is 3.51. The Kier molecular flexibility index (Phi) is 3.36. The fraction of sp³-hybridized carbons (Fsp3) is 0.118. The van der Waals surface area contributed by atoms with E-state index in [2.05, 4.69) is 10.1 Å². The molecule has 4 nitrogen and oxygen atoms in total. The van der Waals surface area contributed by atoms with Crippen LogP contribution in [0.25, 0.3) is 22.8 Å². The lowest BCUT2D eigenvalue weighted by Crippen LogP contribution is -2.09. The molecule has 0 bridgehead atoms. The highest BCUT2D eigenvalue weighted by molar-refractivity contribution is 5.81. The van der Waals surface area contributed by atoms with Crippen molar-refractivity contribution in [3.05, 3.63) is 60.2 Å². The molecule has 3 rings (SSSR count). The monoisotopic (exact) mass is 277 g/mol. The van der Waals surface area contributed by atoms with Crippen molar-refractivity contribution in [2.24, 2.45) is 0 Å². The van der Waals surface area contributed by atoms with Crippen LogP contribution in [0.2, 0.25) is 0 Å². The Morgan fingerprint density at radius 2 is 1.62 bits per heavy atom. The van der Waals surface area contributed by atoms with Crippen molar-refractivity contribution in [1.82, 2.24) is 14.8 Å². The first-order valence-electron chi connectivity index (χ1n) is 6.75. The van der Waals surface area contributed by atoms with E-state index in [-0.39, 0.29) is 5.91 Å². The lowest BCUT2D eigenvalue weighted by atomic mass is 10.1. The lowest BCUT2D eigenvalue weighted by molar-refractivity contribution is 0.0923. The van der Waals surface area contributed by atoms with Gasteiger partial charge < -0.3 is 0 Å². The average Bonchev–Trinajstić information content (AvgIpc) is 2.94. The summed E-state index contributed by atoms with van der Waals surface area (Å²) in [5, 5.41) is 4.34. The zero-order valence-corrected chi connectivity index (χ0v) is 11.9. The van der Waals surface area contributed by atoms with Gasteiger partial charge >= 0.3 is 0 Å². The summed E-state index contributed by atoms with van der Waals surface area (Å²) < 4.78 is 1.35. The number of aryl methyl sites for hydroxylation is 1. The second kappa shape index (κ2) is 5.32. The molecule has 0 N–H and O–H groups in total. The topological polar surface area (TPSA) is 47.8 Å². The van der Waals surface area contributed by atoms with Gasteiger partial charge in [0.25, 0.3) is 0 Å². The fourth-order valence-corrected chi connectivity index (χ4v) is 2.13. The number of hydrogen-bond acceptors (Lipinski definition) is 3. The van der Waals surface area contributed by atoms with E-state index >= 15 is 0 Å². The molecule has 3 aromatic rings. The minimum Gasteiger partial charge on any atom is -0.273 e. The molecule has 1 heterocycles. The molecule has 0 aliphatic heterocycles. The maximum absolute atomic E-state index is 11.8. The van der Waals surface area contributed by atoms with Gasteiger partial charge in [0, 0.05) is 18.1 Å². The molecule has 4 heteroatoms. The standard InChI is InChI=1S/C17H15N3O/c1-12-8-10-14(11-9-12)16-18-17(20(19-16)13(2)21)15-6-4-3-5-7-15/h3-11H,1-2H3. The maximum Gasteiger partial charge on any atom is 0.245 e. The van der Waals surface area contributed by atoms with E-state index in [0.717, 1.165) is 11.1 Å². The van der Waals surface area contributed by atoms with Crippen LogP contribution < -0.4 is 0 Å². The van der Waals surface area contributed by atoms with Crippen molar-refractivity contribution >= 4 is 5.91 Å². The third-order valence-corrected chi connectivity index (χ3v) is 3.25. The van der Waals surface area contributed by atoms with Crippen LogP contribution in [0, 0.1) is 6.92 Å². The minimum absolute atomic E-state index is 0.153. The van der Waals surface area contributed by atoms with E-state index in [1.54, 1.807) is 0 Å². The second-order valence-electron chi connectivity index (χ2n) is 4.92. The molecule has 0 radical (unpaired) electrons. The number of carbonyl (C=O) groups is 1. The molecule has 0 amide bonds. The first-order chi connectivity index (χ1) is 10.1. The third-order valence-electron chi connectivity index (χ3n) is 3.25. The van der Waals surface area contributed by atoms with Gasteiger partial charge in [-0.2, -0.15) is 4.68 Å². The van der Waals surface area contributed by atoms with Crippen LogP contribution in [-0.2, 0) is 0 Å². The van der Waals surface area contributed by atoms with Crippen molar-refractivity contribution in [3.63, 3.8) is 0 Å². The Labute approximate surface area is 123 Å². The van der Waals surface area contributed by atoms with E-state index in [0.29, 0.717) is 11.6 Å². The Morgan fingerprint density at radius 3 is 2.24 bits per heavy atom. The summed E-state index contributed by atoms with van der Waals surface area (Å²) in [5.41, 5.74) is 2.95. The van der Waals surface area contributed by atoms with Gasteiger partial charge in [-0.15, -0.1) is 5.10 Å². The van der Waals surface area contributed by atoms with Crippen LogP contribution in [-0.4, -0.2) is 20.7 Å². The van der Waals surface area contributed by atoms with Crippen LogP contribution in [0.1, 0.15) is 17.3 Å². The Morgan fingerprint density at radius 1 is 0.952 bits per heavy atom. The van der Waals surface area contributed by atoms with E-state index in [9.17, 15) is 4.79 Å². The van der Waals surface area contributed by atoms with Crippen molar-refractivity contribution < 1.29 is 4.79 Å². The lowest BCUT2D eigenvalue weighted by Gasteiger charge is -2.00. The van der Waals surface area contributed by atoms with Crippen LogP contribution in [0.15, 0.2) is 54.6 Å². The van der Waals surface area contributed by atoms with E-state index in [4.69, 9.17) is 0 Å². The van der Waals surface area contributed by atoms with Gasteiger partial charge in [0.15, 0.2) is 11.6 Å². The van der Waals surface area contributed by atoms with Crippen LogP contribution in [0.4, 0.5) is 0 Å². The molecule has 0 aliphatic carbocycles. The molecular formula is C17H15N3O. The predicted octanol–water partition coefficient (Wildman–Crippen LogP) is 3.58. The van der Waals surface area contributed by atoms with Crippen LogP contribution in [0.5, 0.6) is 0 Å². The van der Waals surface area contributed by atoms with Gasteiger partial charge in [0.2, 0.25) is 5.91 Å². The summed E-state index contributed by atoms with van der Waals surface area (Å²) >= 11 is 0. The Hall–Kier alpha value is -2.75. The molecular weight excluding hydrogens is 262 g/mol. The van der Waals surface area contributed by atoms with Crippen molar-refractivity contribution in [3.8, 4) is 22.8 Å². The van der Waals surface area contributed by atoms with Gasteiger partial charge in [-0.25, -0.2) is 4.98 Å². The van der Waals surface area contributed by atoms with Gasteiger partial charge in [0.05, 0.1) is 0 Å². The highest BCUT2D eigenvalue weighted by Crippen LogP contribution is 2.22. The summed E-state index contributed by atoms with van der Waals surface area (Å²) in [5.74, 6) is 0.974. The van der Waals surface area contributed by atoms with E-state index in [1.165, 1.54) is 17.2 Å². The predicted molar refractivity (Wildman–Crippen MR) is 81.9 cm³/mol. The molecule has 0 aliphatic rings. The third kappa shape index (κ3) is 2.60. The summed E-state index contributed by atoms with van der Waals surface area (Å²) in [6.07, 6.45) is 0. The molecule has 21 heavy (non-hydrogen) atoms. The number of carbonyl (C=O) groups excluding carboxylic acids is 1. The highest BCUT2D eigenvalue weighted by Gasteiger charge is 2.15. The number of benzene rings is 2. The number of hydrogen-bond donors (Lipinski definition) is 0. The van der Waals surface area contributed by atoms with Crippen molar-refractivity contribution in [2.75, 3.05) is 0 Å². The molecule has 1 aromatic heterocycles. The zero-order chi connectivity index (χ0) is 14.8. The Bertz CT molecular complexity index is 774. The van der Waals surface area contributed by atoms with Gasteiger partial charge in [-0.3, -0.25) is 4.79 Å². The zero-order valence-electron chi connectivity index (χ0n) is 11.9. The van der Waals surface area contributed by atoms with Gasteiger partial charge in [0.1, 0.15) is 0 Å². The first-order valence-corrected chi connectivity index (χ1v) is 6.75. The van der Waals surface area contributed by atoms with E-state index in [1.807, 2.05) is 61.5 Å². The molecule has 0 saturated carbocycles. The average molecular weight is 277 g/mol. The maximum atomic E-state index is 11.8.